The van der Waals surface area contributed by atoms with Crippen molar-refractivity contribution in [2.24, 2.45) is 5.73 Å². The minimum atomic E-state index is -0.511. The van der Waals surface area contributed by atoms with E-state index in [4.69, 9.17) is 5.73 Å². The van der Waals surface area contributed by atoms with Gasteiger partial charge in [0, 0.05) is 11.4 Å². The van der Waals surface area contributed by atoms with E-state index in [0.717, 1.165) is 11.1 Å². The van der Waals surface area contributed by atoms with Gasteiger partial charge in [0.25, 0.3) is 0 Å². The van der Waals surface area contributed by atoms with Gasteiger partial charge in [0.1, 0.15) is 11.9 Å². The summed E-state index contributed by atoms with van der Waals surface area (Å²) in [6.45, 7) is 3.79. The van der Waals surface area contributed by atoms with Crippen LogP contribution < -0.4 is 11.1 Å². The number of hydrogen-bond donors (Lipinski definition) is 2. The number of aryl methyl sites for hydroxylation is 1. The van der Waals surface area contributed by atoms with E-state index in [1.165, 1.54) is 17.8 Å². The van der Waals surface area contributed by atoms with E-state index in [9.17, 15) is 9.18 Å². The van der Waals surface area contributed by atoms with Gasteiger partial charge in [0.05, 0.1) is 5.57 Å². The average Bonchev–Trinajstić information content (AvgIpc) is 3.08. The highest BCUT2D eigenvalue weighted by atomic mass is 32.2. The number of rotatable bonds is 5. The maximum atomic E-state index is 13.9. The fourth-order valence-electron chi connectivity index (χ4n) is 3.42. The lowest BCUT2D eigenvalue weighted by atomic mass is 9.94. The van der Waals surface area contributed by atoms with Crippen molar-refractivity contribution in [3.05, 3.63) is 82.3 Å². The average molecular weight is 409 g/mol. The van der Waals surface area contributed by atoms with Crippen LogP contribution in [-0.4, -0.2) is 20.7 Å². The largest absolute Gasteiger partial charge is 0.366 e. The van der Waals surface area contributed by atoms with Crippen molar-refractivity contribution < 1.29 is 9.18 Å². The Morgan fingerprint density at radius 3 is 2.76 bits per heavy atom. The van der Waals surface area contributed by atoms with Crippen LogP contribution in [0.25, 0.3) is 0 Å². The van der Waals surface area contributed by atoms with Crippen molar-refractivity contribution in [3.63, 3.8) is 0 Å². The highest BCUT2D eigenvalue weighted by Crippen LogP contribution is 2.36. The van der Waals surface area contributed by atoms with Crippen LogP contribution in [0.4, 0.5) is 10.3 Å². The molecular weight excluding hydrogens is 389 g/mol. The second-order valence-electron chi connectivity index (χ2n) is 6.89. The molecule has 1 aliphatic heterocycles. The van der Waals surface area contributed by atoms with E-state index in [0.29, 0.717) is 33.7 Å². The van der Waals surface area contributed by atoms with Gasteiger partial charge in [-0.25, -0.2) is 9.07 Å². The van der Waals surface area contributed by atoms with Gasteiger partial charge in [-0.3, -0.25) is 4.79 Å². The number of primary amides is 1. The molecule has 0 bridgehead atoms. The molecule has 8 heteroatoms. The summed E-state index contributed by atoms with van der Waals surface area (Å²) in [5.41, 5.74) is 9.34. The summed E-state index contributed by atoms with van der Waals surface area (Å²) in [6, 6.07) is 14.0. The molecule has 0 radical (unpaired) electrons. The summed E-state index contributed by atoms with van der Waals surface area (Å²) in [6.07, 6.45) is 0. The van der Waals surface area contributed by atoms with E-state index < -0.39 is 11.9 Å². The number of allylic oxidation sites excluding steroid dienone is 1. The zero-order valence-corrected chi connectivity index (χ0v) is 16.8. The fourth-order valence-corrected chi connectivity index (χ4v) is 4.23. The van der Waals surface area contributed by atoms with E-state index >= 15 is 0 Å². The van der Waals surface area contributed by atoms with Crippen LogP contribution >= 0.6 is 11.8 Å². The molecule has 29 heavy (non-hydrogen) atoms. The molecule has 4 rings (SSSR count). The zero-order valence-electron chi connectivity index (χ0n) is 16.0. The standard InChI is InChI=1S/C21H20FN5OS/c1-12-6-5-8-14(10-12)18-17(19(23)28)13(2)24-20-25-21(26-27(18)20)29-11-15-7-3-4-9-16(15)22/h3-10,18H,11H2,1-2H3,(H2,23,28)(H,24,25,26)/t18-/m1/s1. The molecule has 1 amide bonds. The smallest absolute Gasteiger partial charge is 0.248 e. The zero-order chi connectivity index (χ0) is 20.5. The number of aromatic nitrogens is 3. The van der Waals surface area contributed by atoms with Crippen LogP contribution in [0.2, 0.25) is 0 Å². The lowest BCUT2D eigenvalue weighted by Gasteiger charge is -2.27. The number of nitrogens with two attached hydrogens (primary N) is 1. The van der Waals surface area contributed by atoms with Crippen LogP contribution in [-0.2, 0) is 10.5 Å². The number of fused-ring (bicyclic) bond motifs is 1. The molecule has 1 atom stereocenters. The third-order valence-corrected chi connectivity index (χ3v) is 5.66. The number of nitrogens with one attached hydrogen (secondary N) is 1. The van der Waals surface area contributed by atoms with Crippen molar-refractivity contribution in [3.8, 4) is 0 Å². The summed E-state index contributed by atoms with van der Waals surface area (Å²) in [4.78, 5) is 16.7. The van der Waals surface area contributed by atoms with Crippen molar-refractivity contribution in [1.82, 2.24) is 14.8 Å². The van der Waals surface area contributed by atoms with Gasteiger partial charge in [0.2, 0.25) is 17.0 Å². The number of hydrogen-bond acceptors (Lipinski definition) is 5. The van der Waals surface area contributed by atoms with Crippen molar-refractivity contribution in [2.75, 3.05) is 5.32 Å². The lowest BCUT2D eigenvalue weighted by molar-refractivity contribution is -0.115. The molecule has 0 saturated carbocycles. The van der Waals surface area contributed by atoms with Crippen molar-refractivity contribution >= 4 is 23.6 Å². The van der Waals surface area contributed by atoms with Gasteiger partial charge < -0.3 is 11.1 Å². The summed E-state index contributed by atoms with van der Waals surface area (Å²) in [7, 11) is 0. The third kappa shape index (κ3) is 3.75. The topological polar surface area (TPSA) is 85.8 Å². The summed E-state index contributed by atoms with van der Waals surface area (Å²) < 4.78 is 15.6. The molecule has 0 aliphatic carbocycles. The van der Waals surface area contributed by atoms with Crippen LogP contribution in [0.5, 0.6) is 0 Å². The van der Waals surface area contributed by atoms with Crippen molar-refractivity contribution in [2.45, 2.75) is 30.8 Å². The Kier molecular flexibility index (Phi) is 5.10. The molecule has 0 saturated heterocycles. The van der Waals surface area contributed by atoms with Gasteiger partial charge in [-0.05, 0) is 31.0 Å². The van der Waals surface area contributed by atoms with Gasteiger partial charge in [-0.2, -0.15) is 4.98 Å². The maximum Gasteiger partial charge on any atom is 0.248 e. The molecule has 0 unspecified atom stereocenters. The summed E-state index contributed by atoms with van der Waals surface area (Å²) in [5, 5.41) is 8.20. The molecule has 1 aromatic heterocycles. The second kappa shape index (κ2) is 7.71. The van der Waals surface area contributed by atoms with Crippen LogP contribution in [0.1, 0.15) is 29.7 Å². The Morgan fingerprint density at radius 2 is 2.03 bits per heavy atom. The Labute approximate surface area is 172 Å². The number of amides is 1. The second-order valence-corrected chi connectivity index (χ2v) is 7.83. The normalized spacial score (nSPS) is 15.8. The summed E-state index contributed by atoms with van der Waals surface area (Å²) in [5.74, 6) is 0.159. The Hall–Kier alpha value is -3.13. The van der Waals surface area contributed by atoms with Gasteiger partial charge in [-0.1, -0.05) is 59.8 Å². The molecule has 2 aromatic carbocycles. The monoisotopic (exact) mass is 409 g/mol. The predicted molar refractivity (Wildman–Crippen MR) is 111 cm³/mol. The van der Waals surface area contributed by atoms with E-state index in [2.05, 4.69) is 15.4 Å². The maximum absolute atomic E-state index is 13.9. The molecule has 2 heterocycles. The lowest BCUT2D eigenvalue weighted by Crippen LogP contribution is -2.31. The Balaban J connectivity index is 1.70. The summed E-state index contributed by atoms with van der Waals surface area (Å²) >= 11 is 1.33. The number of anilines is 1. The van der Waals surface area contributed by atoms with Gasteiger partial charge in [-0.15, -0.1) is 5.10 Å². The van der Waals surface area contributed by atoms with Crippen LogP contribution in [0.15, 0.2) is 65.0 Å². The first kappa shape index (κ1) is 19.2. The SMILES string of the molecule is CC1=C(C(N)=O)[C@@H](c2cccc(C)c2)n2nc(SCc3ccccc3F)nc2N1. The number of halogens is 1. The van der Waals surface area contributed by atoms with E-state index in [1.54, 1.807) is 29.8 Å². The minimum Gasteiger partial charge on any atom is -0.366 e. The molecule has 0 spiro atoms. The molecule has 148 valence electrons. The number of benzene rings is 2. The molecule has 6 nitrogen and oxygen atoms in total. The van der Waals surface area contributed by atoms with Crippen LogP contribution in [0.3, 0.4) is 0 Å². The highest BCUT2D eigenvalue weighted by Gasteiger charge is 2.33. The molecule has 3 N–H and O–H groups in total. The fraction of sp³-hybridized carbons (Fsp3) is 0.190. The number of thioether (sulfide) groups is 1. The number of carbonyl (C=O) groups is 1. The Bertz CT molecular complexity index is 1120. The first-order valence-corrected chi connectivity index (χ1v) is 10.1. The van der Waals surface area contributed by atoms with Gasteiger partial charge >= 0.3 is 0 Å². The number of nitrogens with zero attached hydrogens (tertiary/aromatic N) is 3. The van der Waals surface area contributed by atoms with E-state index in [-0.39, 0.29) is 5.82 Å². The molecule has 1 aliphatic rings. The Morgan fingerprint density at radius 1 is 1.24 bits per heavy atom. The van der Waals surface area contributed by atoms with Crippen molar-refractivity contribution in [1.29, 1.82) is 0 Å². The quantitative estimate of drug-likeness (QED) is 0.626. The minimum absolute atomic E-state index is 0.256. The predicted octanol–water partition coefficient (Wildman–Crippen LogP) is 3.79. The number of carbonyl (C=O) groups excluding carboxylic acids is 1. The van der Waals surface area contributed by atoms with Gasteiger partial charge in [0.15, 0.2) is 0 Å². The molecule has 0 fully saturated rings. The van der Waals surface area contributed by atoms with E-state index in [1.807, 2.05) is 31.2 Å². The highest BCUT2D eigenvalue weighted by molar-refractivity contribution is 7.98. The molecular formula is C21H20FN5OS. The third-order valence-electron chi connectivity index (χ3n) is 4.77. The van der Waals surface area contributed by atoms with Crippen LogP contribution in [0, 0.1) is 12.7 Å². The first-order valence-electron chi connectivity index (χ1n) is 9.11. The molecule has 3 aromatic rings. The first-order chi connectivity index (χ1) is 13.9.